The van der Waals surface area contributed by atoms with Gasteiger partial charge in [0.1, 0.15) is 0 Å². The molecular weight excluding hydrogens is 442 g/mol. The second kappa shape index (κ2) is 10.3. The Labute approximate surface area is 208 Å². The van der Waals surface area contributed by atoms with Crippen molar-refractivity contribution in [3.63, 3.8) is 0 Å². The molecule has 0 aromatic heterocycles. The molecule has 2 aromatic carbocycles. The minimum absolute atomic E-state index is 0.0569. The van der Waals surface area contributed by atoms with Crippen molar-refractivity contribution in [3.05, 3.63) is 59.2 Å². The molecule has 35 heavy (non-hydrogen) atoms. The van der Waals surface area contributed by atoms with Crippen LogP contribution in [0.2, 0.25) is 0 Å². The number of carbonyl (C=O) groups excluding carboxylic acids is 2. The summed E-state index contributed by atoms with van der Waals surface area (Å²) in [6.07, 6.45) is 2.14. The summed E-state index contributed by atoms with van der Waals surface area (Å²) < 4.78 is 10.8. The first-order valence-corrected chi connectivity index (χ1v) is 12.4. The van der Waals surface area contributed by atoms with E-state index in [1.807, 2.05) is 59.2 Å². The Kier molecular flexibility index (Phi) is 7.36. The molecule has 0 aliphatic carbocycles. The molecule has 188 valence electrons. The normalized spacial score (nSPS) is 19.5. The van der Waals surface area contributed by atoms with Gasteiger partial charge in [-0.05, 0) is 49.1 Å². The number of likely N-dealkylation sites (tertiary alicyclic amines) is 1. The van der Waals surface area contributed by atoms with E-state index >= 15 is 0 Å². The van der Waals surface area contributed by atoms with Crippen LogP contribution in [0.3, 0.4) is 0 Å². The van der Waals surface area contributed by atoms with Gasteiger partial charge in [-0.25, -0.2) is 0 Å². The number of ether oxygens (including phenoxy) is 2. The second-order valence-corrected chi connectivity index (χ2v) is 9.99. The predicted molar refractivity (Wildman–Crippen MR) is 136 cm³/mol. The van der Waals surface area contributed by atoms with E-state index in [-0.39, 0.29) is 23.8 Å². The van der Waals surface area contributed by atoms with Gasteiger partial charge in [0.15, 0.2) is 11.5 Å². The highest BCUT2D eigenvalue weighted by Gasteiger charge is 2.52. The Morgan fingerprint density at radius 2 is 1.71 bits per heavy atom. The molecule has 4 rings (SSSR count). The number of piperidine rings is 1. The van der Waals surface area contributed by atoms with E-state index in [0.29, 0.717) is 56.0 Å². The van der Waals surface area contributed by atoms with Crippen LogP contribution in [0.5, 0.6) is 11.5 Å². The van der Waals surface area contributed by atoms with E-state index < -0.39 is 5.66 Å². The van der Waals surface area contributed by atoms with Crippen molar-refractivity contribution in [2.45, 2.75) is 51.7 Å². The summed E-state index contributed by atoms with van der Waals surface area (Å²) in [5, 5.41) is 3.68. The van der Waals surface area contributed by atoms with E-state index in [0.717, 1.165) is 11.1 Å². The number of nitrogens with one attached hydrogen (secondary N) is 1. The van der Waals surface area contributed by atoms with Crippen LogP contribution in [0.25, 0.3) is 0 Å². The van der Waals surface area contributed by atoms with Gasteiger partial charge in [-0.15, -0.1) is 0 Å². The van der Waals surface area contributed by atoms with Gasteiger partial charge in [-0.3, -0.25) is 14.9 Å². The predicted octanol–water partition coefficient (Wildman–Crippen LogP) is 3.64. The van der Waals surface area contributed by atoms with Crippen LogP contribution in [0.1, 0.15) is 48.2 Å². The molecule has 1 atom stereocenters. The summed E-state index contributed by atoms with van der Waals surface area (Å²) in [6.45, 7) is 8.02. The van der Waals surface area contributed by atoms with E-state index in [9.17, 15) is 9.59 Å². The monoisotopic (exact) mass is 479 g/mol. The van der Waals surface area contributed by atoms with Crippen molar-refractivity contribution >= 4 is 11.8 Å². The third-order valence-electron chi connectivity index (χ3n) is 7.39. The molecular formula is C28H37N3O4. The van der Waals surface area contributed by atoms with Gasteiger partial charge in [0, 0.05) is 38.0 Å². The minimum Gasteiger partial charge on any atom is -0.493 e. The fraction of sp³-hybridized carbons (Fsp3) is 0.500. The van der Waals surface area contributed by atoms with Gasteiger partial charge in [-0.2, -0.15) is 0 Å². The lowest BCUT2D eigenvalue weighted by Crippen LogP contribution is -2.60. The molecule has 2 aliphatic heterocycles. The molecule has 2 saturated heterocycles. The molecule has 1 N–H and O–H groups in total. The summed E-state index contributed by atoms with van der Waals surface area (Å²) in [5.41, 5.74) is 2.52. The quantitative estimate of drug-likeness (QED) is 0.657. The third-order valence-corrected chi connectivity index (χ3v) is 7.39. The van der Waals surface area contributed by atoms with Gasteiger partial charge < -0.3 is 19.3 Å². The lowest BCUT2D eigenvalue weighted by atomic mass is 9.94. The van der Waals surface area contributed by atoms with E-state index in [2.05, 4.69) is 19.2 Å². The first-order valence-electron chi connectivity index (χ1n) is 12.4. The zero-order valence-electron chi connectivity index (χ0n) is 21.5. The summed E-state index contributed by atoms with van der Waals surface area (Å²) in [6, 6.07) is 13.4. The van der Waals surface area contributed by atoms with Gasteiger partial charge in [0.25, 0.3) is 5.91 Å². The molecule has 2 amide bonds. The Bertz CT molecular complexity index is 1060. The van der Waals surface area contributed by atoms with Crippen LogP contribution in [-0.2, 0) is 11.2 Å². The third kappa shape index (κ3) is 5.01. The Balaban J connectivity index is 1.49. The molecule has 2 heterocycles. The van der Waals surface area contributed by atoms with E-state index in [1.165, 1.54) is 0 Å². The standard InChI is InChI=1S/C28H37N3O4/c1-19(2)25-27(33)31(15-12-21-8-11-23(34-4)24(18-21)35-5)28(29-25)13-16-30(17-14-28)26(32)22-9-6-20(3)7-10-22/h6-11,18-19,25,29H,12-17H2,1-5H3/t25-/m0/s1. The molecule has 0 saturated carbocycles. The number of methoxy groups -OCH3 is 2. The number of amides is 2. The molecule has 2 aliphatic rings. The summed E-state index contributed by atoms with van der Waals surface area (Å²) in [7, 11) is 3.25. The van der Waals surface area contributed by atoms with Crippen LogP contribution in [0, 0.1) is 12.8 Å². The maximum Gasteiger partial charge on any atom is 0.253 e. The van der Waals surface area contributed by atoms with Crippen LogP contribution >= 0.6 is 0 Å². The Morgan fingerprint density at radius 3 is 2.31 bits per heavy atom. The second-order valence-electron chi connectivity index (χ2n) is 9.99. The number of nitrogens with zero attached hydrogens (tertiary/aromatic N) is 2. The van der Waals surface area contributed by atoms with Crippen LogP contribution in [0.15, 0.2) is 42.5 Å². The van der Waals surface area contributed by atoms with Crippen LogP contribution < -0.4 is 14.8 Å². The molecule has 0 unspecified atom stereocenters. The van der Waals surface area contributed by atoms with Crippen LogP contribution in [-0.4, -0.2) is 67.2 Å². The zero-order chi connectivity index (χ0) is 25.2. The maximum atomic E-state index is 13.5. The molecule has 2 aromatic rings. The lowest BCUT2D eigenvalue weighted by Gasteiger charge is -2.45. The molecule has 1 spiro atoms. The van der Waals surface area contributed by atoms with Gasteiger partial charge >= 0.3 is 0 Å². The topological polar surface area (TPSA) is 71.1 Å². The van der Waals surface area contributed by atoms with Crippen molar-refractivity contribution < 1.29 is 19.1 Å². The molecule has 0 bridgehead atoms. The first kappa shape index (κ1) is 25.0. The average Bonchev–Trinajstić information content (AvgIpc) is 3.14. The fourth-order valence-corrected chi connectivity index (χ4v) is 5.23. The minimum atomic E-state index is -0.424. The number of benzene rings is 2. The zero-order valence-corrected chi connectivity index (χ0v) is 21.5. The Morgan fingerprint density at radius 1 is 1.06 bits per heavy atom. The molecule has 7 nitrogen and oxygen atoms in total. The highest BCUT2D eigenvalue weighted by Crippen LogP contribution is 2.35. The van der Waals surface area contributed by atoms with Crippen molar-refractivity contribution in [3.8, 4) is 11.5 Å². The lowest BCUT2D eigenvalue weighted by molar-refractivity contribution is -0.133. The molecule has 2 fully saturated rings. The molecule has 0 radical (unpaired) electrons. The van der Waals surface area contributed by atoms with Gasteiger partial charge in [0.2, 0.25) is 5.91 Å². The van der Waals surface area contributed by atoms with Crippen molar-refractivity contribution in [2.75, 3.05) is 33.9 Å². The van der Waals surface area contributed by atoms with Gasteiger partial charge in [0.05, 0.1) is 25.9 Å². The maximum absolute atomic E-state index is 13.5. The van der Waals surface area contributed by atoms with E-state index in [4.69, 9.17) is 9.47 Å². The van der Waals surface area contributed by atoms with Gasteiger partial charge in [-0.1, -0.05) is 37.6 Å². The van der Waals surface area contributed by atoms with Crippen molar-refractivity contribution in [1.29, 1.82) is 0 Å². The number of carbonyl (C=O) groups is 2. The van der Waals surface area contributed by atoms with Crippen LogP contribution in [0.4, 0.5) is 0 Å². The summed E-state index contributed by atoms with van der Waals surface area (Å²) >= 11 is 0. The fourth-order valence-electron chi connectivity index (χ4n) is 5.23. The highest BCUT2D eigenvalue weighted by molar-refractivity contribution is 5.94. The number of hydrogen-bond acceptors (Lipinski definition) is 5. The molecule has 7 heteroatoms. The smallest absolute Gasteiger partial charge is 0.253 e. The summed E-state index contributed by atoms with van der Waals surface area (Å²) in [5.74, 6) is 1.78. The number of hydrogen-bond donors (Lipinski definition) is 1. The average molecular weight is 480 g/mol. The first-order chi connectivity index (χ1) is 16.8. The number of aryl methyl sites for hydroxylation is 1. The SMILES string of the molecule is COc1ccc(CCN2C(=O)[C@H](C(C)C)NC23CCN(C(=O)c2ccc(C)cc2)CC3)cc1OC. The summed E-state index contributed by atoms with van der Waals surface area (Å²) in [4.78, 5) is 30.5. The Hall–Kier alpha value is -3.06. The van der Waals surface area contributed by atoms with Crippen molar-refractivity contribution in [1.82, 2.24) is 15.1 Å². The highest BCUT2D eigenvalue weighted by atomic mass is 16.5. The van der Waals surface area contributed by atoms with Crippen molar-refractivity contribution in [2.24, 2.45) is 5.92 Å². The largest absolute Gasteiger partial charge is 0.493 e. The number of rotatable bonds is 7. The van der Waals surface area contributed by atoms with E-state index in [1.54, 1.807) is 14.2 Å².